The lowest BCUT2D eigenvalue weighted by molar-refractivity contribution is 0.467. The molecule has 1 atom stereocenters. The summed E-state index contributed by atoms with van der Waals surface area (Å²) in [6.07, 6.45) is 0. The topological polar surface area (TPSA) is 59.3 Å². The van der Waals surface area contributed by atoms with Crippen molar-refractivity contribution in [1.82, 2.24) is 5.32 Å². The van der Waals surface area contributed by atoms with E-state index in [0.717, 1.165) is 11.0 Å². The van der Waals surface area contributed by atoms with Crippen LogP contribution < -0.4 is 5.32 Å². The van der Waals surface area contributed by atoms with Crippen molar-refractivity contribution in [3.05, 3.63) is 36.1 Å². The van der Waals surface area contributed by atoms with Gasteiger partial charge in [0.05, 0.1) is 16.5 Å². The summed E-state index contributed by atoms with van der Waals surface area (Å²) >= 11 is 0. The van der Waals surface area contributed by atoms with Crippen LogP contribution in [-0.4, -0.2) is 26.0 Å². The molecule has 1 heterocycles. The first kappa shape index (κ1) is 15.1. The van der Waals surface area contributed by atoms with E-state index in [9.17, 15) is 8.42 Å². The van der Waals surface area contributed by atoms with Gasteiger partial charge < -0.3 is 9.73 Å². The molecule has 0 radical (unpaired) electrons. The third-order valence-corrected chi connectivity index (χ3v) is 6.09. The highest BCUT2D eigenvalue weighted by molar-refractivity contribution is 7.92. The minimum absolute atomic E-state index is 0.0207. The Morgan fingerprint density at radius 2 is 1.90 bits per heavy atom. The minimum Gasteiger partial charge on any atom is -0.459 e. The van der Waals surface area contributed by atoms with E-state index in [1.54, 1.807) is 27.8 Å². The fourth-order valence-corrected chi connectivity index (χ4v) is 3.22. The van der Waals surface area contributed by atoms with Gasteiger partial charge in [0.15, 0.2) is 9.84 Å². The predicted octanol–water partition coefficient (Wildman–Crippen LogP) is 2.91. The van der Waals surface area contributed by atoms with Crippen molar-refractivity contribution in [3.8, 4) is 0 Å². The maximum absolute atomic E-state index is 12.3. The molecular weight excluding hydrogens is 274 g/mol. The second-order valence-electron chi connectivity index (χ2n) is 5.92. The molecule has 1 aromatic heterocycles. The van der Waals surface area contributed by atoms with Gasteiger partial charge in [-0.2, -0.15) is 0 Å². The number of furan rings is 1. The summed E-state index contributed by atoms with van der Waals surface area (Å²) in [5, 5.41) is 4.02. The van der Waals surface area contributed by atoms with Crippen molar-refractivity contribution in [2.24, 2.45) is 0 Å². The van der Waals surface area contributed by atoms with Gasteiger partial charge in [0.25, 0.3) is 0 Å². The molecule has 0 saturated heterocycles. The molecule has 0 aliphatic rings. The molecule has 1 N–H and O–H groups in total. The molecule has 110 valence electrons. The highest BCUT2D eigenvalue weighted by atomic mass is 32.2. The van der Waals surface area contributed by atoms with E-state index in [1.165, 1.54) is 0 Å². The van der Waals surface area contributed by atoms with Crippen LogP contribution in [0.5, 0.6) is 0 Å². The summed E-state index contributed by atoms with van der Waals surface area (Å²) in [5.41, 5.74) is 0.774. The van der Waals surface area contributed by atoms with E-state index in [-0.39, 0.29) is 11.8 Å². The lowest BCUT2D eigenvalue weighted by atomic mass is 10.2. The average Bonchev–Trinajstić information content (AvgIpc) is 2.78. The molecule has 0 bridgehead atoms. The normalized spacial score (nSPS) is 14.6. The number of benzene rings is 1. The number of para-hydroxylation sites is 1. The zero-order chi connectivity index (χ0) is 15.0. The zero-order valence-electron chi connectivity index (χ0n) is 12.3. The lowest BCUT2D eigenvalue weighted by Crippen LogP contribution is -2.35. The Kier molecular flexibility index (Phi) is 3.93. The van der Waals surface area contributed by atoms with Crippen molar-refractivity contribution in [3.63, 3.8) is 0 Å². The van der Waals surface area contributed by atoms with Crippen molar-refractivity contribution in [1.29, 1.82) is 0 Å². The molecule has 2 rings (SSSR count). The zero-order valence-corrected chi connectivity index (χ0v) is 13.1. The Morgan fingerprint density at radius 1 is 1.25 bits per heavy atom. The molecular formula is C15H21NO3S. The quantitative estimate of drug-likeness (QED) is 0.942. The molecule has 0 amide bonds. The number of nitrogens with one attached hydrogen (secondary N) is 1. The first-order valence-electron chi connectivity index (χ1n) is 6.62. The van der Waals surface area contributed by atoms with Crippen LogP contribution in [0.4, 0.5) is 0 Å². The first-order chi connectivity index (χ1) is 9.24. The third-order valence-electron chi connectivity index (χ3n) is 3.46. The molecule has 5 heteroatoms. The molecule has 1 unspecified atom stereocenters. The van der Waals surface area contributed by atoms with Crippen LogP contribution in [0.25, 0.3) is 11.0 Å². The van der Waals surface area contributed by atoms with Crippen molar-refractivity contribution in [2.45, 2.75) is 31.6 Å². The molecule has 0 spiro atoms. The third kappa shape index (κ3) is 2.88. The van der Waals surface area contributed by atoms with E-state index in [0.29, 0.717) is 5.76 Å². The van der Waals surface area contributed by atoms with Crippen LogP contribution in [0, 0.1) is 0 Å². The highest BCUT2D eigenvalue weighted by Gasteiger charge is 2.32. The van der Waals surface area contributed by atoms with Crippen LogP contribution in [-0.2, 0) is 9.84 Å². The molecule has 0 saturated carbocycles. The van der Waals surface area contributed by atoms with Gasteiger partial charge in [-0.1, -0.05) is 18.2 Å². The smallest absolute Gasteiger partial charge is 0.157 e. The van der Waals surface area contributed by atoms with Crippen LogP contribution in [0.2, 0.25) is 0 Å². The van der Waals surface area contributed by atoms with Crippen LogP contribution in [0.3, 0.4) is 0 Å². The largest absolute Gasteiger partial charge is 0.459 e. The van der Waals surface area contributed by atoms with Gasteiger partial charge in [-0.25, -0.2) is 8.42 Å². The van der Waals surface area contributed by atoms with Gasteiger partial charge in [0.2, 0.25) is 0 Å². The maximum atomic E-state index is 12.3. The van der Waals surface area contributed by atoms with Crippen LogP contribution >= 0.6 is 0 Å². The Labute approximate surface area is 120 Å². The van der Waals surface area contributed by atoms with Gasteiger partial charge in [-0.05, 0) is 40.0 Å². The summed E-state index contributed by atoms with van der Waals surface area (Å²) in [4.78, 5) is 0. The maximum Gasteiger partial charge on any atom is 0.157 e. The van der Waals surface area contributed by atoms with E-state index < -0.39 is 14.6 Å². The monoisotopic (exact) mass is 295 g/mol. The fourth-order valence-electron chi connectivity index (χ4n) is 1.95. The Morgan fingerprint density at radius 3 is 2.45 bits per heavy atom. The van der Waals surface area contributed by atoms with Crippen LogP contribution in [0.1, 0.15) is 32.6 Å². The number of hydrogen-bond donors (Lipinski definition) is 1. The van der Waals surface area contributed by atoms with Gasteiger partial charge in [-0.3, -0.25) is 0 Å². The Balaban J connectivity index is 2.33. The van der Waals surface area contributed by atoms with Gasteiger partial charge in [0.1, 0.15) is 11.3 Å². The summed E-state index contributed by atoms with van der Waals surface area (Å²) in [6.45, 7) is 5.15. The second kappa shape index (κ2) is 5.22. The second-order valence-corrected chi connectivity index (χ2v) is 8.71. The lowest BCUT2D eigenvalue weighted by Gasteiger charge is -2.22. The minimum atomic E-state index is -3.22. The molecule has 0 aliphatic heterocycles. The fraction of sp³-hybridized carbons (Fsp3) is 0.467. The number of sulfone groups is 1. The predicted molar refractivity (Wildman–Crippen MR) is 81.6 cm³/mol. The molecule has 20 heavy (non-hydrogen) atoms. The number of hydrogen-bond acceptors (Lipinski definition) is 4. The van der Waals surface area contributed by atoms with Crippen LogP contribution in [0.15, 0.2) is 34.7 Å². The standard InChI is InChI=1S/C15H21NO3S/c1-15(2,3)20(17,18)10-12(16-4)14-9-11-7-5-6-8-13(11)19-14/h5-9,12,16H,10H2,1-4H3. The van der Waals surface area contributed by atoms with Crippen molar-refractivity contribution < 1.29 is 12.8 Å². The summed E-state index contributed by atoms with van der Waals surface area (Å²) in [7, 11) is -1.47. The van der Waals surface area contributed by atoms with E-state index in [4.69, 9.17) is 4.42 Å². The Bertz CT molecular complexity index is 662. The summed E-state index contributed by atoms with van der Waals surface area (Å²) in [6, 6.07) is 9.22. The first-order valence-corrected chi connectivity index (χ1v) is 8.28. The Hall–Kier alpha value is -1.33. The molecule has 1 aromatic carbocycles. The molecule has 2 aromatic rings. The highest BCUT2D eigenvalue weighted by Crippen LogP contribution is 2.27. The summed E-state index contributed by atoms with van der Waals surface area (Å²) in [5.74, 6) is 0.675. The summed E-state index contributed by atoms with van der Waals surface area (Å²) < 4.78 is 29.6. The molecule has 0 aliphatic carbocycles. The van der Waals surface area contributed by atoms with E-state index in [1.807, 2.05) is 30.3 Å². The number of rotatable bonds is 4. The van der Waals surface area contributed by atoms with E-state index >= 15 is 0 Å². The molecule has 4 nitrogen and oxygen atoms in total. The SMILES string of the molecule is CNC(CS(=O)(=O)C(C)(C)C)c1cc2ccccc2o1. The average molecular weight is 295 g/mol. The van der Waals surface area contributed by atoms with Gasteiger partial charge in [0, 0.05) is 5.39 Å². The van der Waals surface area contributed by atoms with Gasteiger partial charge in [-0.15, -0.1) is 0 Å². The van der Waals surface area contributed by atoms with Crippen molar-refractivity contribution in [2.75, 3.05) is 12.8 Å². The number of fused-ring (bicyclic) bond motifs is 1. The van der Waals surface area contributed by atoms with Crippen molar-refractivity contribution >= 4 is 20.8 Å². The molecule has 0 fully saturated rings. The van der Waals surface area contributed by atoms with E-state index in [2.05, 4.69) is 5.32 Å². The van der Waals surface area contributed by atoms with Gasteiger partial charge >= 0.3 is 0 Å².